The molecule has 162 valence electrons. The molecule has 6 N–H and O–H groups in total. The molecule has 3 fully saturated rings. The quantitative estimate of drug-likeness (QED) is 0.304. The first-order valence-electron chi connectivity index (χ1n) is 9.23. The first kappa shape index (κ1) is 21.0. The number of rotatable bonds is 3. The molecule has 1 aromatic rings. The molecule has 11 heteroatoms. The van der Waals surface area contributed by atoms with Crippen LogP contribution in [0.2, 0.25) is 0 Å². The Bertz CT molecular complexity index is 673. The highest BCUT2D eigenvalue weighted by molar-refractivity contribution is 5.16. The Kier molecular flexibility index (Phi) is 6.16. The van der Waals surface area contributed by atoms with E-state index in [0.29, 0.717) is 0 Å². The van der Waals surface area contributed by atoms with Crippen LogP contribution in [0.3, 0.4) is 0 Å². The van der Waals surface area contributed by atoms with Gasteiger partial charge >= 0.3 is 0 Å². The van der Waals surface area contributed by atoms with Crippen LogP contribution in [-0.4, -0.2) is 98.8 Å². The maximum absolute atomic E-state index is 10.5. The zero-order chi connectivity index (χ0) is 20.7. The van der Waals surface area contributed by atoms with E-state index in [1.54, 1.807) is 12.1 Å². The summed E-state index contributed by atoms with van der Waals surface area (Å²) in [7, 11) is 0. The summed E-state index contributed by atoms with van der Waals surface area (Å²) >= 11 is 0. The second-order valence-electron chi connectivity index (χ2n) is 7.20. The number of ether oxygens (including phenoxy) is 5. The molecule has 0 aliphatic carbocycles. The lowest BCUT2D eigenvalue weighted by Gasteiger charge is -2.47. The number of aliphatic hydroxyl groups excluding tert-OH is 6. The Labute approximate surface area is 165 Å². The van der Waals surface area contributed by atoms with Crippen molar-refractivity contribution in [1.82, 2.24) is 0 Å². The maximum Gasteiger partial charge on any atom is 0.192 e. The van der Waals surface area contributed by atoms with E-state index in [4.69, 9.17) is 23.7 Å². The smallest absolute Gasteiger partial charge is 0.192 e. The summed E-state index contributed by atoms with van der Waals surface area (Å²) in [6.07, 6.45) is -15.5. The van der Waals surface area contributed by atoms with Gasteiger partial charge in [0.2, 0.25) is 0 Å². The molecule has 1 unspecified atom stereocenters. The molecule has 0 aromatic heterocycles. The van der Waals surface area contributed by atoms with Gasteiger partial charge in [-0.25, -0.2) is 0 Å². The van der Waals surface area contributed by atoms with E-state index in [0.717, 1.165) is 5.56 Å². The first-order valence-corrected chi connectivity index (χ1v) is 9.23. The van der Waals surface area contributed by atoms with E-state index < -0.39 is 67.9 Å². The van der Waals surface area contributed by atoms with Gasteiger partial charge in [0.25, 0.3) is 0 Å². The second-order valence-corrected chi connectivity index (χ2v) is 7.20. The Morgan fingerprint density at radius 3 is 2.10 bits per heavy atom. The van der Waals surface area contributed by atoms with Crippen LogP contribution in [0.4, 0.5) is 0 Å². The van der Waals surface area contributed by atoms with E-state index >= 15 is 0 Å². The molecule has 0 amide bonds. The van der Waals surface area contributed by atoms with Gasteiger partial charge in [0, 0.05) is 5.56 Å². The molecule has 0 bridgehead atoms. The van der Waals surface area contributed by atoms with Crippen LogP contribution in [0.5, 0.6) is 0 Å². The molecule has 1 aromatic carbocycles. The van der Waals surface area contributed by atoms with E-state index in [9.17, 15) is 30.6 Å². The van der Waals surface area contributed by atoms with Crippen LogP contribution in [0, 0.1) is 0 Å². The molecule has 3 aliphatic heterocycles. The van der Waals surface area contributed by atoms with E-state index in [1.807, 2.05) is 18.2 Å². The lowest BCUT2D eigenvalue weighted by Crippen LogP contribution is -2.64. The van der Waals surface area contributed by atoms with Gasteiger partial charge in [-0.05, 0) is 0 Å². The van der Waals surface area contributed by atoms with Crippen molar-refractivity contribution < 1.29 is 54.3 Å². The molecule has 0 radical (unpaired) electrons. The van der Waals surface area contributed by atoms with Crippen LogP contribution < -0.4 is 0 Å². The molecule has 3 heterocycles. The van der Waals surface area contributed by atoms with Gasteiger partial charge in [-0.1, -0.05) is 30.3 Å². The number of benzene rings is 1. The van der Waals surface area contributed by atoms with Crippen molar-refractivity contribution >= 4 is 0 Å². The predicted molar refractivity (Wildman–Crippen MR) is 90.7 cm³/mol. The van der Waals surface area contributed by atoms with Crippen LogP contribution in [-0.2, 0) is 23.7 Å². The predicted octanol–water partition coefficient (Wildman–Crippen LogP) is -2.68. The minimum Gasteiger partial charge on any atom is -0.387 e. The lowest BCUT2D eigenvalue weighted by molar-refractivity contribution is -0.409. The van der Waals surface area contributed by atoms with Gasteiger partial charge in [0.05, 0.1) is 6.61 Å². The van der Waals surface area contributed by atoms with Crippen molar-refractivity contribution in [2.75, 3.05) is 6.61 Å². The normalized spacial score (nSPS) is 48.1. The SMILES string of the molecule is OC1O[C@H](O[C@H]2O[C@@H]3CO[C@@H](c4ccccc4)O[C@H]3[C@H](O)[C@H]2O)[C@@H](O)[C@H](O)[C@H]1O. The minimum absolute atomic E-state index is 0.0336. The average Bonchev–Trinajstić information content (AvgIpc) is 2.74. The first-order chi connectivity index (χ1) is 13.9. The van der Waals surface area contributed by atoms with Crippen molar-refractivity contribution in [2.45, 2.75) is 67.9 Å². The number of hydrogen-bond acceptors (Lipinski definition) is 11. The summed E-state index contributed by atoms with van der Waals surface area (Å²) in [5, 5.41) is 59.8. The zero-order valence-corrected chi connectivity index (χ0v) is 15.2. The Morgan fingerprint density at radius 2 is 1.38 bits per heavy atom. The fourth-order valence-corrected chi connectivity index (χ4v) is 3.54. The molecular weight excluding hydrogens is 392 g/mol. The van der Waals surface area contributed by atoms with Crippen molar-refractivity contribution in [3.8, 4) is 0 Å². The second kappa shape index (κ2) is 8.49. The van der Waals surface area contributed by atoms with Crippen LogP contribution >= 0.6 is 0 Å². The highest BCUT2D eigenvalue weighted by Gasteiger charge is 2.52. The Hall–Kier alpha value is -1.22. The van der Waals surface area contributed by atoms with Crippen LogP contribution in [0.1, 0.15) is 11.9 Å². The molecule has 3 saturated heterocycles. The van der Waals surface area contributed by atoms with Crippen LogP contribution in [0.15, 0.2) is 30.3 Å². The molecule has 0 saturated carbocycles. The molecule has 0 spiro atoms. The molecule has 29 heavy (non-hydrogen) atoms. The lowest BCUT2D eigenvalue weighted by atomic mass is 9.97. The Morgan fingerprint density at radius 1 is 0.724 bits per heavy atom. The van der Waals surface area contributed by atoms with Crippen molar-refractivity contribution in [2.24, 2.45) is 0 Å². The summed E-state index contributed by atoms with van der Waals surface area (Å²) in [6, 6.07) is 9.08. The number of fused-ring (bicyclic) bond motifs is 1. The van der Waals surface area contributed by atoms with E-state index in [1.165, 1.54) is 0 Å². The van der Waals surface area contributed by atoms with E-state index in [-0.39, 0.29) is 6.61 Å². The highest BCUT2D eigenvalue weighted by atomic mass is 16.8. The van der Waals surface area contributed by atoms with Crippen LogP contribution in [0.25, 0.3) is 0 Å². The molecule has 11 nitrogen and oxygen atoms in total. The van der Waals surface area contributed by atoms with E-state index in [2.05, 4.69) is 0 Å². The third-order valence-electron chi connectivity index (χ3n) is 5.22. The van der Waals surface area contributed by atoms with Gasteiger partial charge in [-0.3, -0.25) is 0 Å². The van der Waals surface area contributed by atoms with Gasteiger partial charge in [-0.2, -0.15) is 0 Å². The maximum atomic E-state index is 10.5. The largest absolute Gasteiger partial charge is 0.387 e. The minimum atomic E-state index is -1.82. The van der Waals surface area contributed by atoms with Gasteiger partial charge in [0.1, 0.15) is 42.7 Å². The summed E-state index contributed by atoms with van der Waals surface area (Å²) < 4.78 is 27.2. The standard InChI is InChI=1S/C18H24O11/c19-9-11(21)15(24)28-18(12(9)22)29-17-13(23)10(20)14-8(26-17)6-25-16(27-14)7-4-2-1-3-5-7/h1-5,8-24H,6H2/t8-,9-,10-,11-,12+,13-,14-,15?,16-,17-,18-/m1/s1. The molecule has 4 rings (SSSR count). The molecule has 3 aliphatic rings. The van der Waals surface area contributed by atoms with Gasteiger partial charge in [0.15, 0.2) is 25.2 Å². The summed E-state index contributed by atoms with van der Waals surface area (Å²) in [5.41, 5.74) is 0.742. The topological polar surface area (TPSA) is 168 Å². The van der Waals surface area contributed by atoms with Crippen molar-refractivity contribution in [3.05, 3.63) is 35.9 Å². The van der Waals surface area contributed by atoms with Gasteiger partial charge in [-0.15, -0.1) is 0 Å². The average molecular weight is 416 g/mol. The fraction of sp³-hybridized carbons (Fsp3) is 0.667. The number of aliphatic hydroxyl groups is 6. The van der Waals surface area contributed by atoms with Crippen molar-refractivity contribution in [3.63, 3.8) is 0 Å². The number of hydrogen-bond donors (Lipinski definition) is 6. The monoisotopic (exact) mass is 416 g/mol. The summed E-state index contributed by atoms with van der Waals surface area (Å²) in [4.78, 5) is 0. The summed E-state index contributed by atoms with van der Waals surface area (Å²) in [5.74, 6) is 0. The van der Waals surface area contributed by atoms with Crippen molar-refractivity contribution in [1.29, 1.82) is 0 Å². The molecular formula is C18H24O11. The highest BCUT2D eigenvalue weighted by Crippen LogP contribution is 2.35. The molecule has 11 atom stereocenters. The third-order valence-corrected chi connectivity index (χ3v) is 5.22. The third kappa shape index (κ3) is 4.04. The zero-order valence-electron chi connectivity index (χ0n) is 15.2. The summed E-state index contributed by atoms with van der Waals surface area (Å²) in [6.45, 7) is 0.0336. The fourth-order valence-electron chi connectivity index (χ4n) is 3.54. The van der Waals surface area contributed by atoms with Gasteiger partial charge < -0.3 is 54.3 Å². The Balaban J connectivity index is 1.42.